The number of halogens is 2. The summed E-state index contributed by atoms with van der Waals surface area (Å²) in [5, 5.41) is 11.9. The van der Waals surface area contributed by atoms with E-state index in [9.17, 15) is 18.8 Å². The van der Waals surface area contributed by atoms with Crippen LogP contribution >= 0.6 is 0 Å². The molecule has 0 unspecified atom stereocenters. The molecule has 0 aliphatic heterocycles. The molecule has 3 rings (SSSR count). The number of hydrogen-bond acceptors (Lipinski definition) is 3. The molecule has 6 heteroatoms. The Hall–Kier alpha value is -3.98. The molecule has 0 aliphatic carbocycles. The molecule has 4 nitrogen and oxygen atoms in total. The number of anilines is 1. The third-order valence-electron chi connectivity index (χ3n) is 3.95. The van der Waals surface area contributed by atoms with Gasteiger partial charge in [0.15, 0.2) is 6.61 Å². The maximum atomic E-state index is 13.4. The highest BCUT2D eigenvalue weighted by Crippen LogP contribution is 2.20. The van der Waals surface area contributed by atoms with E-state index in [0.29, 0.717) is 22.6 Å². The minimum absolute atomic E-state index is 0.209. The van der Waals surface area contributed by atoms with Gasteiger partial charge in [0, 0.05) is 5.69 Å². The molecule has 0 atom stereocenters. The third-order valence-corrected chi connectivity index (χ3v) is 3.95. The summed E-state index contributed by atoms with van der Waals surface area (Å²) in [5.41, 5.74) is 2.03. The van der Waals surface area contributed by atoms with Crippen LogP contribution in [0.15, 0.2) is 72.8 Å². The van der Waals surface area contributed by atoms with Gasteiger partial charge < -0.3 is 10.1 Å². The first-order chi connectivity index (χ1) is 14.0. The molecule has 1 amide bonds. The van der Waals surface area contributed by atoms with Crippen molar-refractivity contribution in [3.8, 4) is 11.8 Å². The van der Waals surface area contributed by atoms with Crippen molar-refractivity contribution in [2.75, 3.05) is 11.9 Å². The molecule has 0 saturated carbocycles. The molecule has 0 aliphatic rings. The van der Waals surface area contributed by atoms with Gasteiger partial charge in [0.05, 0.1) is 11.6 Å². The molecule has 0 saturated heterocycles. The van der Waals surface area contributed by atoms with Crippen LogP contribution in [0.1, 0.15) is 11.1 Å². The van der Waals surface area contributed by atoms with Gasteiger partial charge in [-0.2, -0.15) is 5.26 Å². The number of ether oxygens (including phenoxy) is 1. The number of carbonyl (C=O) groups excluding carboxylic acids is 1. The topological polar surface area (TPSA) is 62.1 Å². The predicted octanol–water partition coefficient (Wildman–Crippen LogP) is 5.05. The van der Waals surface area contributed by atoms with Gasteiger partial charge in [-0.05, 0) is 65.7 Å². The molecule has 0 heterocycles. The second-order valence-corrected chi connectivity index (χ2v) is 6.09. The molecule has 0 aromatic heterocycles. The first-order valence-electron chi connectivity index (χ1n) is 8.69. The summed E-state index contributed by atoms with van der Waals surface area (Å²) >= 11 is 0. The largest absolute Gasteiger partial charge is 0.484 e. The number of carbonyl (C=O) groups is 1. The maximum absolute atomic E-state index is 13.4. The zero-order chi connectivity index (χ0) is 20.6. The van der Waals surface area contributed by atoms with Gasteiger partial charge in [0.1, 0.15) is 17.4 Å². The van der Waals surface area contributed by atoms with Crippen LogP contribution in [0, 0.1) is 23.0 Å². The van der Waals surface area contributed by atoms with Gasteiger partial charge >= 0.3 is 0 Å². The number of nitrogens with zero attached hydrogens (tertiary/aromatic N) is 1. The average molecular weight is 390 g/mol. The molecule has 3 aromatic carbocycles. The van der Waals surface area contributed by atoms with Crippen LogP contribution in [0.25, 0.3) is 11.6 Å². The van der Waals surface area contributed by atoms with Gasteiger partial charge in [0.2, 0.25) is 0 Å². The van der Waals surface area contributed by atoms with E-state index >= 15 is 0 Å². The van der Waals surface area contributed by atoms with Crippen LogP contribution in [0.5, 0.6) is 5.75 Å². The van der Waals surface area contributed by atoms with Crippen LogP contribution in [-0.2, 0) is 4.79 Å². The van der Waals surface area contributed by atoms with Crippen molar-refractivity contribution in [3.63, 3.8) is 0 Å². The highest BCUT2D eigenvalue weighted by Gasteiger charge is 2.05. The van der Waals surface area contributed by atoms with Gasteiger partial charge in [-0.1, -0.05) is 24.3 Å². The second kappa shape index (κ2) is 9.29. The van der Waals surface area contributed by atoms with Gasteiger partial charge in [0.25, 0.3) is 5.91 Å². The smallest absolute Gasteiger partial charge is 0.262 e. The van der Waals surface area contributed by atoms with Crippen LogP contribution in [0.4, 0.5) is 14.5 Å². The summed E-state index contributed by atoms with van der Waals surface area (Å²) < 4.78 is 31.7. The van der Waals surface area contributed by atoms with E-state index in [2.05, 4.69) is 11.4 Å². The number of amides is 1. The fourth-order valence-electron chi connectivity index (χ4n) is 2.54. The lowest BCUT2D eigenvalue weighted by atomic mass is 10.0. The van der Waals surface area contributed by atoms with E-state index in [1.165, 1.54) is 36.4 Å². The lowest BCUT2D eigenvalue weighted by molar-refractivity contribution is -0.118. The zero-order valence-electron chi connectivity index (χ0n) is 15.2. The lowest BCUT2D eigenvalue weighted by Gasteiger charge is -2.08. The van der Waals surface area contributed by atoms with Crippen molar-refractivity contribution >= 4 is 23.2 Å². The highest BCUT2D eigenvalue weighted by atomic mass is 19.1. The number of nitriles is 1. The van der Waals surface area contributed by atoms with E-state index in [1.807, 2.05) is 0 Å². The predicted molar refractivity (Wildman–Crippen MR) is 107 cm³/mol. The fraction of sp³-hybridized carbons (Fsp3) is 0.0435. The van der Waals surface area contributed by atoms with E-state index < -0.39 is 5.82 Å². The molecule has 29 heavy (non-hydrogen) atoms. The first-order valence-corrected chi connectivity index (χ1v) is 8.69. The minimum Gasteiger partial charge on any atom is -0.484 e. The Bertz CT molecular complexity index is 1070. The Morgan fingerprint density at radius 3 is 2.38 bits per heavy atom. The molecule has 0 spiro atoms. The molecular formula is C23H16F2N2O2. The number of nitrogens with one attached hydrogen (secondary N) is 1. The number of allylic oxidation sites excluding steroid dienone is 1. The van der Waals surface area contributed by atoms with Crippen molar-refractivity contribution in [2.24, 2.45) is 0 Å². The lowest BCUT2D eigenvalue weighted by Crippen LogP contribution is -2.20. The quantitative estimate of drug-likeness (QED) is 0.473. The molecule has 3 aromatic rings. The molecule has 0 bridgehead atoms. The summed E-state index contributed by atoms with van der Waals surface area (Å²) in [6.07, 6.45) is 1.64. The van der Waals surface area contributed by atoms with Crippen molar-refractivity contribution in [3.05, 3.63) is 95.6 Å². The third kappa shape index (κ3) is 5.75. The summed E-state index contributed by atoms with van der Waals surface area (Å²) in [5.74, 6) is -0.698. The van der Waals surface area contributed by atoms with Gasteiger partial charge in [-0.15, -0.1) is 0 Å². The highest BCUT2D eigenvalue weighted by molar-refractivity contribution is 5.92. The normalized spacial score (nSPS) is 10.9. The summed E-state index contributed by atoms with van der Waals surface area (Å²) in [4.78, 5) is 11.9. The van der Waals surface area contributed by atoms with Gasteiger partial charge in [-0.3, -0.25) is 4.79 Å². The molecule has 0 fully saturated rings. The summed E-state index contributed by atoms with van der Waals surface area (Å²) in [6, 6.07) is 20.1. The van der Waals surface area contributed by atoms with Crippen molar-refractivity contribution in [1.82, 2.24) is 0 Å². The van der Waals surface area contributed by atoms with Crippen molar-refractivity contribution < 1.29 is 18.3 Å². The SMILES string of the molecule is N#C/C(=C/c1ccc(OCC(=O)Nc2ccc(F)cc2)cc1)c1cccc(F)c1. The Morgan fingerprint density at radius 2 is 1.72 bits per heavy atom. The second-order valence-electron chi connectivity index (χ2n) is 6.09. The Balaban J connectivity index is 1.60. The maximum Gasteiger partial charge on any atom is 0.262 e. The molecule has 144 valence electrons. The zero-order valence-corrected chi connectivity index (χ0v) is 15.2. The monoisotopic (exact) mass is 390 g/mol. The summed E-state index contributed by atoms with van der Waals surface area (Å²) in [6.45, 7) is -0.209. The first kappa shape index (κ1) is 19.8. The fourth-order valence-corrected chi connectivity index (χ4v) is 2.54. The Labute approximate surface area is 166 Å². The Kier molecular flexibility index (Phi) is 6.33. The van der Waals surface area contributed by atoms with Crippen LogP contribution in [0.2, 0.25) is 0 Å². The molecule has 1 N–H and O–H groups in total. The minimum atomic E-state index is -0.411. The molecule has 0 radical (unpaired) electrons. The average Bonchev–Trinajstić information content (AvgIpc) is 2.73. The number of hydrogen-bond donors (Lipinski definition) is 1. The Morgan fingerprint density at radius 1 is 1.00 bits per heavy atom. The van der Waals surface area contributed by atoms with E-state index in [-0.39, 0.29) is 18.3 Å². The van der Waals surface area contributed by atoms with E-state index in [0.717, 1.165) is 5.56 Å². The van der Waals surface area contributed by atoms with Gasteiger partial charge in [-0.25, -0.2) is 8.78 Å². The number of rotatable bonds is 6. The van der Waals surface area contributed by atoms with Crippen LogP contribution in [0.3, 0.4) is 0 Å². The number of benzene rings is 3. The molecular weight excluding hydrogens is 374 g/mol. The van der Waals surface area contributed by atoms with Crippen molar-refractivity contribution in [2.45, 2.75) is 0 Å². The van der Waals surface area contributed by atoms with Crippen molar-refractivity contribution in [1.29, 1.82) is 5.26 Å². The standard InChI is InChI=1S/C23H16F2N2O2/c24-19-6-8-21(9-7-19)27-23(28)15-29-22-10-4-16(5-11-22)12-18(14-26)17-2-1-3-20(25)13-17/h1-13H,15H2,(H,27,28)/b18-12-. The van der Waals surface area contributed by atoms with Crippen LogP contribution < -0.4 is 10.1 Å². The van der Waals surface area contributed by atoms with E-state index in [4.69, 9.17) is 4.74 Å². The van der Waals surface area contributed by atoms with Crippen LogP contribution in [-0.4, -0.2) is 12.5 Å². The van der Waals surface area contributed by atoms with E-state index in [1.54, 1.807) is 42.5 Å². The summed E-state index contributed by atoms with van der Waals surface area (Å²) in [7, 11) is 0.